The van der Waals surface area contributed by atoms with Gasteiger partial charge in [-0.3, -0.25) is 4.90 Å². The second-order valence-corrected chi connectivity index (χ2v) is 7.27. The number of ether oxygens (including phenoxy) is 1. The Morgan fingerprint density at radius 1 is 1.04 bits per heavy atom. The van der Waals surface area contributed by atoms with E-state index in [4.69, 9.17) is 9.72 Å². The van der Waals surface area contributed by atoms with Crippen LogP contribution in [0.3, 0.4) is 0 Å². The van der Waals surface area contributed by atoms with Crippen molar-refractivity contribution < 1.29 is 4.74 Å². The molecule has 1 aromatic heterocycles. The molecule has 4 heteroatoms. The van der Waals surface area contributed by atoms with Crippen LogP contribution >= 0.6 is 0 Å². The van der Waals surface area contributed by atoms with E-state index in [1.807, 2.05) is 0 Å². The minimum atomic E-state index is 0.650. The molecule has 1 saturated heterocycles. The number of aryl methyl sites for hydroxylation is 2. The van der Waals surface area contributed by atoms with Gasteiger partial charge in [-0.2, -0.15) is 0 Å². The van der Waals surface area contributed by atoms with Crippen molar-refractivity contribution in [3.05, 3.63) is 59.4 Å². The highest BCUT2D eigenvalue weighted by atomic mass is 16.5. The molecule has 136 valence electrons. The Morgan fingerprint density at radius 3 is 2.65 bits per heavy atom. The van der Waals surface area contributed by atoms with Crippen LogP contribution in [0.4, 0.5) is 0 Å². The van der Waals surface area contributed by atoms with E-state index in [0.717, 1.165) is 30.2 Å². The van der Waals surface area contributed by atoms with E-state index in [9.17, 15) is 0 Å². The summed E-state index contributed by atoms with van der Waals surface area (Å²) in [6, 6.07) is 14.8. The fourth-order valence-corrected chi connectivity index (χ4v) is 3.84. The summed E-state index contributed by atoms with van der Waals surface area (Å²) in [7, 11) is 0. The molecule has 2 heterocycles. The Balaban J connectivity index is 1.52. The van der Waals surface area contributed by atoms with E-state index < -0.39 is 0 Å². The minimum Gasteiger partial charge on any atom is -0.491 e. The van der Waals surface area contributed by atoms with Crippen LogP contribution in [-0.2, 0) is 13.1 Å². The molecule has 3 aromatic rings. The fourth-order valence-electron chi connectivity index (χ4n) is 3.84. The van der Waals surface area contributed by atoms with E-state index >= 15 is 0 Å². The van der Waals surface area contributed by atoms with E-state index in [1.165, 1.54) is 42.6 Å². The molecular formula is C22H27N3O. The van der Waals surface area contributed by atoms with Crippen LogP contribution in [0.1, 0.15) is 29.8 Å². The topological polar surface area (TPSA) is 30.3 Å². The summed E-state index contributed by atoms with van der Waals surface area (Å²) in [5, 5.41) is 0. The molecule has 0 unspecified atom stereocenters. The normalized spacial score (nSPS) is 15.0. The summed E-state index contributed by atoms with van der Waals surface area (Å²) in [6.45, 7) is 8.98. The Labute approximate surface area is 155 Å². The van der Waals surface area contributed by atoms with Gasteiger partial charge in [-0.05, 0) is 63.5 Å². The lowest BCUT2D eigenvalue weighted by Gasteiger charge is -2.16. The summed E-state index contributed by atoms with van der Waals surface area (Å²) in [5.74, 6) is 2.12. The molecule has 26 heavy (non-hydrogen) atoms. The molecule has 0 spiro atoms. The van der Waals surface area contributed by atoms with Crippen molar-refractivity contribution in [2.75, 3.05) is 19.7 Å². The maximum atomic E-state index is 6.08. The van der Waals surface area contributed by atoms with E-state index in [-0.39, 0.29) is 0 Å². The molecular weight excluding hydrogens is 322 g/mol. The summed E-state index contributed by atoms with van der Waals surface area (Å²) < 4.78 is 8.41. The number of rotatable bonds is 6. The van der Waals surface area contributed by atoms with Gasteiger partial charge in [0.15, 0.2) is 0 Å². The number of para-hydroxylation sites is 2. The number of hydrogen-bond acceptors (Lipinski definition) is 3. The number of benzene rings is 2. The molecule has 0 amide bonds. The second kappa shape index (κ2) is 7.50. The number of imidazole rings is 1. The third kappa shape index (κ3) is 3.61. The third-order valence-electron chi connectivity index (χ3n) is 5.20. The van der Waals surface area contributed by atoms with E-state index in [2.05, 4.69) is 65.8 Å². The van der Waals surface area contributed by atoms with Gasteiger partial charge in [0.25, 0.3) is 0 Å². The van der Waals surface area contributed by atoms with Crippen LogP contribution in [0.2, 0.25) is 0 Å². The molecule has 2 aromatic carbocycles. The van der Waals surface area contributed by atoms with E-state index in [1.54, 1.807) is 0 Å². The summed E-state index contributed by atoms with van der Waals surface area (Å²) >= 11 is 0. The molecule has 4 rings (SSSR count). The molecule has 0 bridgehead atoms. The zero-order valence-corrected chi connectivity index (χ0v) is 15.7. The summed E-state index contributed by atoms with van der Waals surface area (Å²) in [5.41, 5.74) is 4.74. The van der Waals surface area contributed by atoms with Crippen LogP contribution in [0, 0.1) is 13.8 Å². The van der Waals surface area contributed by atoms with Gasteiger partial charge in [-0.25, -0.2) is 4.98 Å². The average molecular weight is 349 g/mol. The van der Waals surface area contributed by atoms with Crippen molar-refractivity contribution in [3.63, 3.8) is 0 Å². The quantitative estimate of drug-likeness (QED) is 0.664. The first-order chi connectivity index (χ1) is 12.7. The van der Waals surface area contributed by atoms with Gasteiger partial charge >= 0.3 is 0 Å². The van der Waals surface area contributed by atoms with Crippen molar-refractivity contribution in [2.24, 2.45) is 0 Å². The van der Waals surface area contributed by atoms with Crippen molar-refractivity contribution in [1.29, 1.82) is 0 Å². The average Bonchev–Trinajstić information content (AvgIpc) is 3.25. The highest BCUT2D eigenvalue weighted by molar-refractivity contribution is 5.75. The molecule has 0 N–H and O–H groups in total. The van der Waals surface area contributed by atoms with Crippen LogP contribution in [0.15, 0.2) is 42.5 Å². The standard InChI is InChI=1S/C22H27N3O/c1-17-9-10-21(18(2)15-17)26-14-13-25-20-8-4-3-7-19(20)23-22(25)16-24-11-5-6-12-24/h3-4,7-10,15H,5-6,11-14,16H2,1-2H3. The van der Waals surface area contributed by atoms with E-state index in [0.29, 0.717) is 6.61 Å². The van der Waals surface area contributed by atoms with Gasteiger partial charge in [-0.15, -0.1) is 0 Å². The number of fused-ring (bicyclic) bond motifs is 1. The molecule has 1 aliphatic rings. The fraction of sp³-hybridized carbons (Fsp3) is 0.409. The zero-order chi connectivity index (χ0) is 17.9. The largest absolute Gasteiger partial charge is 0.491 e. The third-order valence-corrected chi connectivity index (χ3v) is 5.20. The van der Waals surface area contributed by atoms with Gasteiger partial charge < -0.3 is 9.30 Å². The number of likely N-dealkylation sites (tertiary alicyclic amines) is 1. The van der Waals surface area contributed by atoms with Gasteiger partial charge in [0, 0.05) is 0 Å². The maximum Gasteiger partial charge on any atom is 0.124 e. The Bertz CT molecular complexity index is 894. The first-order valence-electron chi connectivity index (χ1n) is 9.57. The molecule has 4 nitrogen and oxygen atoms in total. The van der Waals surface area contributed by atoms with Crippen LogP contribution < -0.4 is 4.74 Å². The lowest BCUT2D eigenvalue weighted by atomic mass is 10.1. The van der Waals surface area contributed by atoms with Gasteiger partial charge in [0.1, 0.15) is 18.2 Å². The first kappa shape index (κ1) is 17.1. The summed E-state index contributed by atoms with van der Waals surface area (Å²) in [6.07, 6.45) is 2.60. The smallest absolute Gasteiger partial charge is 0.124 e. The highest BCUT2D eigenvalue weighted by Crippen LogP contribution is 2.21. The van der Waals surface area contributed by atoms with Crippen molar-refractivity contribution in [2.45, 2.75) is 39.8 Å². The first-order valence-corrected chi connectivity index (χ1v) is 9.57. The molecule has 0 radical (unpaired) electrons. The summed E-state index contributed by atoms with van der Waals surface area (Å²) in [4.78, 5) is 7.40. The minimum absolute atomic E-state index is 0.650. The predicted molar refractivity (Wildman–Crippen MR) is 106 cm³/mol. The zero-order valence-electron chi connectivity index (χ0n) is 15.7. The Kier molecular flexibility index (Phi) is 4.93. The van der Waals surface area contributed by atoms with Crippen molar-refractivity contribution in [1.82, 2.24) is 14.5 Å². The van der Waals surface area contributed by atoms with Crippen molar-refractivity contribution >= 4 is 11.0 Å². The van der Waals surface area contributed by atoms with Crippen LogP contribution in [0.25, 0.3) is 11.0 Å². The van der Waals surface area contributed by atoms with Crippen LogP contribution in [-0.4, -0.2) is 34.1 Å². The van der Waals surface area contributed by atoms with Gasteiger partial charge in [-0.1, -0.05) is 29.8 Å². The molecule has 1 aliphatic heterocycles. The molecule has 0 atom stereocenters. The predicted octanol–water partition coefficient (Wildman–Crippen LogP) is 4.33. The van der Waals surface area contributed by atoms with Crippen LogP contribution in [0.5, 0.6) is 5.75 Å². The lowest BCUT2D eigenvalue weighted by molar-refractivity contribution is 0.284. The maximum absolute atomic E-state index is 6.08. The van der Waals surface area contributed by atoms with Crippen molar-refractivity contribution in [3.8, 4) is 5.75 Å². The number of nitrogens with zero attached hydrogens (tertiary/aromatic N) is 3. The van der Waals surface area contributed by atoms with Gasteiger partial charge in [0.2, 0.25) is 0 Å². The monoisotopic (exact) mass is 349 g/mol. The Morgan fingerprint density at radius 2 is 1.85 bits per heavy atom. The molecule has 1 fully saturated rings. The lowest BCUT2D eigenvalue weighted by Crippen LogP contribution is -2.22. The number of hydrogen-bond donors (Lipinski definition) is 0. The molecule has 0 saturated carbocycles. The second-order valence-electron chi connectivity index (χ2n) is 7.27. The van der Waals surface area contributed by atoms with Gasteiger partial charge in [0.05, 0.1) is 24.1 Å². The SMILES string of the molecule is Cc1ccc(OCCn2c(CN3CCCC3)nc3ccccc32)c(C)c1. The Hall–Kier alpha value is -2.33. The molecule has 0 aliphatic carbocycles. The number of aromatic nitrogens is 2. The highest BCUT2D eigenvalue weighted by Gasteiger charge is 2.17.